The van der Waals surface area contributed by atoms with Crippen LogP contribution in [-0.4, -0.2) is 133 Å². The van der Waals surface area contributed by atoms with Crippen molar-refractivity contribution < 1.29 is 33.8 Å². The molecule has 14 nitrogen and oxygen atoms in total. The Morgan fingerprint density at radius 3 is 2.27 bits per heavy atom. The van der Waals surface area contributed by atoms with Gasteiger partial charge in [-0.05, 0) is 56.0 Å². The SMILES string of the molecule is C=CCN1CC(=O)N2[C@@H](Cc3ccc(O)cc3)C(=O)N(Cc3cccc4c(C(=O)N5CCN(C(=O)OC(C)(C)C)CC5)cn(C)c34)C[C@@H]2N1C(=O)CCc1ccccc1. The predicted octanol–water partition coefficient (Wildman–Crippen LogP) is 4.56. The molecule has 5 amide bonds. The molecular formula is C45H53N7O7. The Hall–Kier alpha value is -6.15. The van der Waals surface area contributed by atoms with Gasteiger partial charge in [-0.1, -0.05) is 66.7 Å². The molecule has 14 heteroatoms. The minimum atomic E-state index is -0.926. The van der Waals surface area contributed by atoms with E-state index in [-0.39, 0.29) is 68.4 Å². The number of ether oxygens (including phenoxy) is 1. The number of piperazine rings is 2. The third-order valence-electron chi connectivity index (χ3n) is 11.2. The first-order chi connectivity index (χ1) is 28.2. The Kier molecular flexibility index (Phi) is 11.8. The number of phenolic OH excluding ortho intramolecular Hbond substituents is 1. The third-order valence-corrected chi connectivity index (χ3v) is 11.2. The second-order valence-corrected chi connectivity index (χ2v) is 16.5. The van der Waals surface area contributed by atoms with Crippen molar-refractivity contribution in [2.45, 2.75) is 64.4 Å². The fraction of sp³-hybridized carbons (Fsp3) is 0.400. The maximum absolute atomic E-state index is 14.7. The summed E-state index contributed by atoms with van der Waals surface area (Å²) in [7, 11) is 1.87. The molecule has 2 atom stereocenters. The van der Waals surface area contributed by atoms with Crippen LogP contribution in [0.3, 0.4) is 0 Å². The highest BCUT2D eigenvalue weighted by atomic mass is 16.6. The number of aromatic nitrogens is 1. The maximum Gasteiger partial charge on any atom is 0.410 e. The molecule has 3 aromatic carbocycles. The van der Waals surface area contributed by atoms with Crippen LogP contribution in [0.15, 0.2) is 91.6 Å². The number of hydrogen-bond acceptors (Lipinski definition) is 8. The fourth-order valence-corrected chi connectivity index (χ4v) is 8.42. The van der Waals surface area contributed by atoms with Crippen molar-refractivity contribution in [1.29, 1.82) is 0 Å². The van der Waals surface area contributed by atoms with Gasteiger partial charge in [0.2, 0.25) is 17.7 Å². The summed E-state index contributed by atoms with van der Waals surface area (Å²) >= 11 is 0. The monoisotopic (exact) mass is 803 g/mol. The van der Waals surface area contributed by atoms with Gasteiger partial charge in [0.15, 0.2) is 0 Å². The van der Waals surface area contributed by atoms with E-state index in [2.05, 4.69) is 6.58 Å². The van der Waals surface area contributed by atoms with Gasteiger partial charge in [0, 0.05) is 70.7 Å². The summed E-state index contributed by atoms with van der Waals surface area (Å²) in [6, 6.07) is 21.1. The number of aromatic hydroxyl groups is 1. The Labute approximate surface area is 344 Å². The Morgan fingerprint density at radius 1 is 0.898 bits per heavy atom. The largest absolute Gasteiger partial charge is 0.508 e. The number of amides is 5. The summed E-state index contributed by atoms with van der Waals surface area (Å²) in [5.41, 5.74) is 3.26. The summed E-state index contributed by atoms with van der Waals surface area (Å²) in [5.74, 6) is -0.759. The molecule has 0 aliphatic carbocycles. The van der Waals surface area contributed by atoms with Crippen LogP contribution < -0.4 is 0 Å². The maximum atomic E-state index is 14.7. The molecule has 0 unspecified atom stereocenters. The highest BCUT2D eigenvalue weighted by molar-refractivity contribution is 6.08. The zero-order valence-electron chi connectivity index (χ0n) is 34.3. The minimum Gasteiger partial charge on any atom is -0.508 e. The van der Waals surface area contributed by atoms with Gasteiger partial charge in [-0.2, -0.15) is 0 Å². The first-order valence-electron chi connectivity index (χ1n) is 20.2. The number of para-hydroxylation sites is 1. The predicted molar refractivity (Wildman–Crippen MR) is 222 cm³/mol. The van der Waals surface area contributed by atoms with Gasteiger partial charge in [-0.25, -0.2) is 14.8 Å². The van der Waals surface area contributed by atoms with Crippen molar-refractivity contribution >= 4 is 40.6 Å². The van der Waals surface area contributed by atoms with E-state index >= 15 is 0 Å². The zero-order valence-corrected chi connectivity index (χ0v) is 34.3. The molecule has 0 saturated carbocycles. The first-order valence-corrected chi connectivity index (χ1v) is 20.2. The van der Waals surface area contributed by atoms with Gasteiger partial charge >= 0.3 is 6.09 Å². The molecule has 0 radical (unpaired) electrons. The molecule has 7 rings (SSSR count). The molecule has 0 bridgehead atoms. The lowest BCUT2D eigenvalue weighted by molar-refractivity contribution is -0.205. The van der Waals surface area contributed by atoms with E-state index in [0.29, 0.717) is 38.2 Å². The summed E-state index contributed by atoms with van der Waals surface area (Å²) in [4.78, 5) is 76.5. The molecule has 1 aromatic heterocycles. The standard InChI is InChI=1S/C45H53N7O7/c1-6-21-50-30-40(55)51-37(26-32-15-18-34(53)19-16-32)43(57)49(29-38(51)52(50)39(54)20-17-31-11-8-7-9-12-31)27-33-13-10-14-35-36(28-46(5)41(33)35)42(56)47-22-24-48(25-23-47)44(58)59-45(2,3)4/h6-16,18-19,28,37-38,53H,1,17,20-27,29-30H2,2-5H3/t37-,38-/m0/s1. The smallest absolute Gasteiger partial charge is 0.410 e. The minimum absolute atomic E-state index is 0.0654. The molecule has 0 spiro atoms. The number of nitrogens with zero attached hydrogens (tertiary/aromatic N) is 7. The normalized spacial score (nSPS) is 18.9. The van der Waals surface area contributed by atoms with Crippen LogP contribution in [0.1, 0.15) is 54.2 Å². The third kappa shape index (κ3) is 8.82. The number of benzene rings is 3. The van der Waals surface area contributed by atoms with Crippen molar-refractivity contribution in [3.8, 4) is 5.75 Å². The lowest BCUT2D eigenvalue weighted by atomic mass is 9.97. The molecule has 3 fully saturated rings. The number of carbonyl (C=O) groups is 5. The summed E-state index contributed by atoms with van der Waals surface area (Å²) in [6.45, 7) is 11.2. The van der Waals surface area contributed by atoms with Crippen molar-refractivity contribution in [1.82, 2.24) is 34.2 Å². The lowest BCUT2D eigenvalue weighted by Crippen LogP contribution is -2.75. The van der Waals surface area contributed by atoms with E-state index in [1.54, 1.807) is 60.0 Å². The number of phenols is 1. The van der Waals surface area contributed by atoms with E-state index in [1.165, 1.54) is 0 Å². The van der Waals surface area contributed by atoms with E-state index in [0.717, 1.165) is 27.6 Å². The van der Waals surface area contributed by atoms with Crippen molar-refractivity contribution in [2.75, 3.05) is 45.8 Å². The van der Waals surface area contributed by atoms with Crippen LogP contribution in [0.25, 0.3) is 10.9 Å². The first kappa shape index (κ1) is 41.0. The molecule has 3 aliphatic heterocycles. The van der Waals surface area contributed by atoms with E-state index in [9.17, 15) is 29.1 Å². The number of carbonyl (C=O) groups excluding carboxylic acids is 5. The molecular weight excluding hydrogens is 751 g/mol. The topological polar surface area (TPSA) is 139 Å². The molecule has 3 aliphatic rings. The summed E-state index contributed by atoms with van der Waals surface area (Å²) in [6.07, 6.45) is 3.17. The van der Waals surface area contributed by atoms with Gasteiger partial charge in [-0.3, -0.25) is 19.2 Å². The van der Waals surface area contributed by atoms with Crippen LogP contribution in [0.2, 0.25) is 0 Å². The van der Waals surface area contributed by atoms with E-state index in [1.807, 2.05) is 87.1 Å². The molecule has 310 valence electrons. The molecule has 3 saturated heterocycles. The fourth-order valence-electron chi connectivity index (χ4n) is 8.42. The second-order valence-electron chi connectivity index (χ2n) is 16.5. The number of fused-ring (bicyclic) bond motifs is 2. The van der Waals surface area contributed by atoms with E-state index in [4.69, 9.17) is 4.74 Å². The molecule has 4 aromatic rings. The highest BCUT2D eigenvalue weighted by Gasteiger charge is 2.51. The summed E-state index contributed by atoms with van der Waals surface area (Å²) < 4.78 is 7.44. The number of hydrazine groups is 1. The molecule has 59 heavy (non-hydrogen) atoms. The number of hydrogen-bond donors (Lipinski definition) is 1. The number of rotatable bonds is 10. The van der Waals surface area contributed by atoms with Crippen LogP contribution in [0.4, 0.5) is 4.79 Å². The summed E-state index contributed by atoms with van der Waals surface area (Å²) in [5, 5.41) is 14.1. The Bertz CT molecular complexity index is 2220. The van der Waals surface area contributed by atoms with Crippen molar-refractivity contribution in [3.05, 3.63) is 114 Å². The van der Waals surface area contributed by atoms with E-state index < -0.39 is 23.9 Å². The van der Waals surface area contributed by atoms with Crippen LogP contribution >= 0.6 is 0 Å². The van der Waals surface area contributed by atoms with Gasteiger partial charge in [0.05, 0.1) is 24.2 Å². The van der Waals surface area contributed by atoms with Crippen LogP contribution in [0, 0.1) is 0 Å². The van der Waals surface area contributed by atoms with Crippen LogP contribution in [0.5, 0.6) is 5.75 Å². The zero-order chi connectivity index (χ0) is 42.0. The number of aryl methyl sites for hydroxylation is 2. The Morgan fingerprint density at radius 2 is 1.59 bits per heavy atom. The van der Waals surface area contributed by atoms with Crippen molar-refractivity contribution in [2.24, 2.45) is 7.05 Å². The highest BCUT2D eigenvalue weighted by Crippen LogP contribution is 2.32. The molecule has 4 heterocycles. The van der Waals surface area contributed by atoms with Gasteiger partial charge in [0.1, 0.15) is 23.6 Å². The average molecular weight is 804 g/mol. The Balaban J connectivity index is 1.18. The van der Waals surface area contributed by atoms with Gasteiger partial charge in [-0.15, -0.1) is 6.58 Å². The van der Waals surface area contributed by atoms with Crippen LogP contribution in [-0.2, 0) is 45.6 Å². The second kappa shape index (κ2) is 17.0. The average Bonchev–Trinajstić information content (AvgIpc) is 3.55. The quantitative estimate of drug-likeness (QED) is 0.231. The van der Waals surface area contributed by atoms with Gasteiger partial charge < -0.3 is 34.0 Å². The lowest BCUT2D eigenvalue weighted by Gasteiger charge is -2.55. The van der Waals surface area contributed by atoms with Gasteiger partial charge in [0.25, 0.3) is 5.91 Å². The van der Waals surface area contributed by atoms with Crippen molar-refractivity contribution in [3.63, 3.8) is 0 Å². The molecule has 1 N–H and O–H groups in total.